The van der Waals surface area contributed by atoms with Crippen LogP contribution in [-0.4, -0.2) is 0 Å². The van der Waals surface area contributed by atoms with Gasteiger partial charge < -0.3 is 4.42 Å². The van der Waals surface area contributed by atoms with Gasteiger partial charge in [-0.05, 0) is 29.7 Å². The van der Waals surface area contributed by atoms with E-state index in [0.717, 1.165) is 28.9 Å². The molecule has 2 nitrogen and oxygen atoms in total. The first-order valence-corrected chi connectivity index (χ1v) is 9.44. The van der Waals surface area contributed by atoms with Gasteiger partial charge >= 0.3 is 0 Å². The highest BCUT2D eigenvalue weighted by Crippen LogP contribution is 2.34. The minimum atomic E-state index is -0.105. The Morgan fingerprint density at radius 3 is 1.93 bits per heavy atom. The van der Waals surface area contributed by atoms with Crippen molar-refractivity contribution in [3.05, 3.63) is 118 Å². The maximum atomic E-state index is 13.2. The molecule has 4 aromatic rings. The number of hydrogen-bond acceptors (Lipinski definition) is 2. The van der Waals surface area contributed by atoms with Crippen molar-refractivity contribution < 1.29 is 4.42 Å². The van der Waals surface area contributed by atoms with Gasteiger partial charge in [0.05, 0.1) is 11.3 Å². The summed E-state index contributed by atoms with van der Waals surface area (Å²) in [5.74, 6) is 0.657. The van der Waals surface area contributed by atoms with Crippen LogP contribution in [0, 0.1) is 0 Å². The number of hydrogen-bond donors (Lipinski definition) is 0. The average molecular weight is 354 g/mol. The van der Waals surface area contributed by atoms with Crippen molar-refractivity contribution in [2.24, 2.45) is 0 Å². The Morgan fingerprint density at radius 1 is 0.778 bits per heavy atom. The molecule has 3 aromatic carbocycles. The minimum absolute atomic E-state index is 0.0885. The van der Waals surface area contributed by atoms with Gasteiger partial charge in [-0.2, -0.15) is 0 Å². The van der Waals surface area contributed by atoms with Crippen molar-refractivity contribution in [1.29, 1.82) is 0 Å². The summed E-state index contributed by atoms with van der Waals surface area (Å²) in [6.07, 6.45) is 1.60. The lowest BCUT2D eigenvalue weighted by Gasteiger charge is -2.20. The third-order valence-corrected chi connectivity index (χ3v) is 4.95. The van der Waals surface area contributed by atoms with E-state index in [0.29, 0.717) is 17.4 Å². The molecule has 0 unspecified atom stereocenters. The van der Waals surface area contributed by atoms with Crippen LogP contribution >= 0.6 is 0 Å². The monoisotopic (exact) mass is 354 g/mol. The fraction of sp³-hybridized carbons (Fsp3) is 0.160. The molecular weight excluding hydrogens is 332 g/mol. The second kappa shape index (κ2) is 7.63. The molecule has 0 aliphatic carbocycles. The maximum absolute atomic E-state index is 13.2. The SMILES string of the molecule is CCCc1c(C(c2ccccc2)c2ccccc2)oc2ccccc2c1=O. The van der Waals surface area contributed by atoms with E-state index in [4.69, 9.17) is 4.42 Å². The van der Waals surface area contributed by atoms with E-state index < -0.39 is 0 Å². The van der Waals surface area contributed by atoms with Gasteiger partial charge in [-0.25, -0.2) is 0 Å². The Kier molecular flexibility index (Phi) is 4.88. The molecule has 0 aliphatic heterocycles. The fourth-order valence-corrected chi connectivity index (χ4v) is 3.70. The highest BCUT2D eigenvalue weighted by atomic mass is 16.3. The van der Waals surface area contributed by atoms with Crippen LogP contribution in [0.1, 0.15) is 41.7 Å². The van der Waals surface area contributed by atoms with Crippen molar-refractivity contribution in [1.82, 2.24) is 0 Å². The van der Waals surface area contributed by atoms with E-state index in [9.17, 15) is 4.79 Å². The number of fused-ring (bicyclic) bond motifs is 1. The molecule has 0 saturated carbocycles. The van der Waals surface area contributed by atoms with E-state index in [1.54, 1.807) is 0 Å². The van der Waals surface area contributed by atoms with Crippen LogP contribution in [0.2, 0.25) is 0 Å². The Bertz CT molecular complexity index is 1060. The summed E-state index contributed by atoms with van der Waals surface area (Å²) in [5, 5.41) is 0.657. The predicted octanol–water partition coefficient (Wildman–Crippen LogP) is 5.93. The van der Waals surface area contributed by atoms with Gasteiger partial charge in [0.1, 0.15) is 11.3 Å². The van der Waals surface area contributed by atoms with Crippen molar-refractivity contribution in [2.75, 3.05) is 0 Å². The zero-order chi connectivity index (χ0) is 18.6. The second-order valence-electron chi connectivity index (χ2n) is 6.77. The predicted molar refractivity (Wildman–Crippen MR) is 110 cm³/mol. The molecule has 0 N–H and O–H groups in total. The van der Waals surface area contributed by atoms with E-state index in [1.807, 2.05) is 60.7 Å². The highest BCUT2D eigenvalue weighted by Gasteiger charge is 2.25. The number of rotatable bonds is 5. The Labute approximate surface area is 159 Å². The van der Waals surface area contributed by atoms with Gasteiger partial charge in [-0.15, -0.1) is 0 Å². The topological polar surface area (TPSA) is 30.2 Å². The van der Waals surface area contributed by atoms with Crippen LogP contribution in [0.3, 0.4) is 0 Å². The molecule has 0 atom stereocenters. The minimum Gasteiger partial charge on any atom is -0.460 e. The van der Waals surface area contributed by atoms with Crippen LogP contribution in [0.15, 0.2) is 94.1 Å². The van der Waals surface area contributed by atoms with Gasteiger partial charge in [0.2, 0.25) is 0 Å². The van der Waals surface area contributed by atoms with E-state index >= 15 is 0 Å². The van der Waals surface area contributed by atoms with Gasteiger partial charge in [0, 0.05) is 5.56 Å². The lowest BCUT2D eigenvalue weighted by atomic mass is 9.86. The average Bonchev–Trinajstić information content (AvgIpc) is 2.73. The van der Waals surface area contributed by atoms with Crippen LogP contribution < -0.4 is 5.43 Å². The van der Waals surface area contributed by atoms with Gasteiger partial charge in [0.25, 0.3) is 0 Å². The lowest BCUT2D eigenvalue weighted by Crippen LogP contribution is -2.16. The third-order valence-electron chi connectivity index (χ3n) is 4.95. The van der Waals surface area contributed by atoms with E-state index in [2.05, 4.69) is 31.2 Å². The Hall–Kier alpha value is -3.13. The fourth-order valence-electron chi connectivity index (χ4n) is 3.70. The van der Waals surface area contributed by atoms with Gasteiger partial charge in [-0.1, -0.05) is 86.1 Å². The molecule has 27 heavy (non-hydrogen) atoms. The summed E-state index contributed by atoms with van der Waals surface area (Å²) >= 11 is 0. The number of benzene rings is 3. The summed E-state index contributed by atoms with van der Waals surface area (Å²) in [5.41, 5.74) is 3.77. The molecule has 0 spiro atoms. The lowest BCUT2D eigenvalue weighted by molar-refractivity contribution is 0.516. The highest BCUT2D eigenvalue weighted by molar-refractivity contribution is 5.77. The third kappa shape index (κ3) is 3.31. The Balaban J connectivity index is 2.04. The summed E-state index contributed by atoms with van der Waals surface area (Å²) in [6, 6.07) is 28.1. The molecule has 0 radical (unpaired) electrons. The zero-order valence-electron chi connectivity index (χ0n) is 15.4. The standard InChI is InChI=1S/C25H22O2/c1-2-11-21-24(26)20-16-9-10-17-22(20)27-25(21)23(18-12-5-3-6-13-18)19-14-7-4-8-15-19/h3-10,12-17,23H,2,11H2,1H3. The smallest absolute Gasteiger partial charge is 0.196 e. The van der Waals surface area contributed by atoms with Crippen molar-refractivity contribution in [3.63, 3.8) is 0 Å². The normalized spacial score (nSPS) is 11.2. The van der Waals surface area contributed by atoms with Crippen molar-refractivity contribution in [3.8, 4) is 0 Å². The molecule has 0 amide bonds. The molecular formula is C25H22O2. The van der Waals surface area contributed by atoms with Crippen LogP contribution in [-0.2, 0) is 6.42 Å². The van der Waals surface area contributed by atoms with E-state index in [-0.39, 0.29) is 11.3 Å². The molecule has 0 saturated heterocycles. The first-order valence-electron chi connectivity index (χ1n) is 9.44. The quantitative estimate of drug-likeness (QED) is 0.445. The van der Waals surface area contributed by atoms with E-state index in [1.165, 1.54) is 0 Å². The summed E-state index contributed by atoms with van der Waals surface area (Å²) in [4.78, 5) is 13.2. The van der Waals surface area contributed by atoms with Crippen molar-refractivity contribution in [2.45, 2.75) is 25.7 Å². The van der Waals surface area contributed by atoms with Gasteiger partial charge in [0.15, 0.2) is 5.43 Å². The molecule has 1 aromatic heterocycles. The van der Waals surface area contributed by atoms with Crippen LogP contribution in [0.4, 0.5) is 0 Å². The molecule has 2 heteroatoms. The molecule has 1 heterocycles. The first kappa shape index (κ1) is 17.3. The van der Waals surface area contributed by atoms with Crippen molar-refractivity contribution >= 4 is 11.0 Å². The summed E-state index contributed by atoms with van der Waals surface area (Å²) in [7, 11) is 0. The molecule has 0 fully saturated rings. The molecule has 134 valence electrons. The molecule has 4 rings (SSSR count). The first-order chi connectivity index (χ1) is 13.3. The molecule has 0 aliphatic rings. The van der Waals surface area contributed by atoms with Crippen LogP contribution in [0.5, 0.6) is 0 Å². The maximum Gasteiger partial charge on any atom is 0.196 e. The largest absolute Gasteiger partial charge is 0.460 e. The van der Waals surface area contributed by atoms with Crippen LogP contribution in [0.25, 0.3) is 11.0 Å². The zero-order valence-corrected chi connectivity index (χ0v) is 15.4. The second-order valence-corrected chi connectivity index (χ2v) is 6.77. The van der Waals surface area contributed by atoms with Gasteiger partial charge in [-0.3, -0.25) is 4.79 Å². The molecule has 0 bridgehead atoms. The summed E-state index contributed by atoms with van der Waals surface area (Å²) in [6.45, 7) is 2.10. The number of para-hydroxylation sites is 1. The Morgan fingerprint density at radius 2 is 1.33 bits per heavy atom. The summed E-state index contributed by atoms with van der Waals surface area (Å²) < 4.78 is 6.40.